The Hall–Kier alpha value is -0.610. The third kappa shape index (κ3) is 2.08. The molecule has 0 aromatic carbocycles. The Bertz CT molecular complexity index is 284. The highest BCUT2D eigenvalue weighted by atomic mass is 16.2. The molecule has 4 nitrogen and oxygen atoms in total. The van der Waals surface area contributed by atoms with Crippen LogP contribution in [0.1, 0.15) is 33.1 Å². The van der Waals surface area contributed by atoms with E-state index in [2.05, 4.69) is 25.8 Å². The van der Waals surface area contributed by atoms with Crippen molar-refractivity contribution in [2.24, 2.45) is 11.1 Å². The number of carbonyl (C=O) groups is 1. The molecule has 1 heterocycles. The van der Waals surface area contributed by atoms with Crippen molar-refractivity contribution in [3.8, 4) is 0 Å². The number of nitrogens with two attached hydrogens (primary N) is 1. The maximum absolute atomic E-state index is 12.6. The lowest BCUT2D eigenvalue weighted by molar-refractivity contribution is -0.150. The molecule has 1 amide bonds. The lowest BCUT2D eigenvalue weighted by Gasteiger charge is -2.48. The Morgan fingerprint density at radius 1 is 1.29 bits per heavy atom. The molecule has 2 unspecified atom stereocenters. The van der Waals surface area contributed by atoms with Crippen LogP contribution in [0, 0.1) is 5.41 Å². The van der Waals surface area contributed by atoms with E-state index in [9.17, 15) is 4.79 Å². The van der Waals surface area contributed by atoms with Crippen LogP contribution in [-0.4, -0.2) is 54.5 Å². The van der Waals surface area contributed by atoms with Crippen LogP contribution in [0.15, 0.2) is 0 Å². The van der Waals surface area contributed by atoms with E-state index in [0.29, 0.717) is 24.5 Å². The molecule has 2 fully saturated rings. The first kappa shape index (κ1) is 12.8. The first-order valence-corrected chi connectivity index (χ1v) is 6.71. The fourth-order valence-electron chi connectivity index (χ4n) is 3.01. The van der Waals surface area contributed by atoms with Gasteiger partial charge in [0.1, 0.15) is 0 Å². The number of nitrogens with zero attached hydrogens (tertiary/aromatic N) is 2. The normalized spacial score (nSPS) is 33.3. The fourth-order valence-corrected chi connectivity index (χ4v) is 3.01. The zero-order valence-corrected chi connectivity index (χ0v) is 11.3. The van der Waals surface area contributed by atoms with Crippen LogP contribution < -0.4 is 5.73 Å². The highest BCUT2D eigenvalue weighted by molar-refractivity contribution is 5.84. The second kappa shape index (κ2) is 4.58. The van der Waals surface area contributed by atoms with Crippen LogP contribution in [0.3, 0.4) is 0 Å². The minimum absolute atomic E-state index is 0.213. The zero-order valence-electron chi connectivity index (χ0n) is 11.3. The predicted octanol–water partition coefficient (Wildman–Crippen LogP) is 0.666. The van der Waals surface area contributed by atoms with E-state index < -0.39 is 0 Å². The Morgan fingerprint density at radius 3 is 2.18 bits per heavy atom. The van der Waals surface area contributed by atoms with Gasteiger partial charge in [0, 0.05) is 31.7 Å². The first-order valence-electron chi connectivity index (χ1n) is 6.71. The average Bonchev–Trinajstić information content (AvgIpc) is 2.24. The van der Waals surface area contributed by atoms with Gasteiger partial charge >= 0.3 is 0 Å². The van der Waals surface area contributed by atoms with Gasteiger partial charge in [0.15, 0.2) is 0 Å². The molecular formula is C13H25N3O. The SMILES string of the molecule is CC1CN(C(=O)C2(CN)CCC2)CC(C)N1C. The largest absolute Gasteiger partial charge is 0.339 e. The maximum atomic E-state index is 12.6. The van der Waals surface area contributed by atoms with Crippen LogP contribution >= 0.6 is 0 Å². The van der Waals surface area contributed by atoms with Crippen LogP contribution in [-0.2, 0) is 4.79 Å². The third-order valence-corrected chi connectivity index (χ3v) is 4.80. The Kier molecular flexibility index (Phi) is 3.46. The molecule has 4 heteroatoms. The Morgan fingerprint density at radius 2 is 1.82 bits per heavy atom. The summed E-state index contributed by atoms with van der Waals surface area (Å²) in [4.78, 5) is 16.9. The van der Waals surface area contributed by atoms with E-state index in [1.807, 2.05) is 4.90 Å². The molecule has 1 aliphatic carbocycles. The molecule has 0 bridgehead atoms. The predicted molar refractivity (Wildman–Crippen MR) is 68.6 cm³/mol. The van der Waals surface area contributed by atoms with Crippen molar-refractivity contribution in [3.63, 3.8) is 0 Å². The summed E-state index contributed by atoms with van der Waals surface area (Å²) in [6, 6.07) is 0.884. The van der Waals surface area contributed by atoms with Gasteiger partial charge in [0.05, 0.1) is 5.41 Å². The highest BCUT2D eigenvalue weighted by Gasteiger charge is 2.46. The van der Waals surface area contributed by atoms with Crippen molar-refractivity contribution in [3.05, 3.63) is 0 Å². The molecule has 1 aliphatic heterocycles. The molecule has 0 aromatic rings. The fraction of sp³-hybridized carbons (Fsp3) is 0.923. The first-order chi connectivity index (χ1) is 8.00. The van der Waals surface area contributed by atoms with Crippen LogP contribution in [0.25, 0.3) is 0 Å². The summed E-state index contributed by atoms with van der Waals surface area (Å²) in [7, 11) is 2.14. The molecule has 2 atom stereocenters. The van der Waals surface area contributed by atoms with Gasteiger partial charge in [-0.25, -0.2) is 0 Å². The maximum Gasteiger partial charge on any atom is 0.230 e. The summed E-state index contributed by atoms with van der Waals surface area (Å²) in [5.74, 6) is 0.304. The standard InChI is InChI=1S/C13H25N3O/c1-10-7-16(8-11(2)15(10)3)12(17)13(9-14)5-4-6-13/h10-11H,4-9,14H2,1-3H3. The van der Waals surface area contributed by atoms with Gasteiger partial charge in [-0.15, -0.1) is 0 Å². The van der Waals surface area contributed by atoms with Crippen LogP contribution in [0.4, 0.5) is 0 Å². The van der Waals surface area contributed by atoms with E-state index >= 15 is 0 Å². The summed E-state index contributed by atoms with van der Waals surface area (Å²) in [5.41, 5.74) is 5.60. The number of carbonyl (C=O) groups excluding carboxylic acids is 1. The van der Waals surface area contributed by atoms with E-state index in [-0.39, 0.29) is 5.41 Å². The molecule has 0 aromatic heterocycles. The number of hydrogen-bond donors (Lipinski definition) is 1. The van der Waals surface area contributed by atoms with Gasteiger partial charge in [-0.1, -0.05) is 6.42 Å². The Labute approximate surface area is 104 Å². The third-order valence-electron chi connectivity index (χ3n) is 4.80. The molecule has 2 rings (SSSR count). The molecule has 1 saturated heterocycles. The number of hydrogen-bond acceptors (Lipinski definition) is 3. The van der Waals surface area contributed by atoms with E-state index in [4.69, 9.17) is 5.73 Å². The van der Waals surface area contributed by atoms with Crippen molar-refractivity contribution in [2.45, 2.75) is 45.2 Å². The minimum Gasteiger partial charge on any atom is -0.339 e. The van der Waals surface area contributed by atoms with Crippen molar-refractivity contribution in [1.29, 1.82) is 0 Å². The van der Waals surface area contributed by atoms with Crippen LogP contribution in [0.2, 0.25) is 0 Å². The van der Waals surface area contributed by atoms with E-state index in [0.717, 1.165) is 32.4 Å². The molecule has 98 valence electrons. The zero-order chi connectivity index (χ0) is 12.6. The summed E-state index contributed by atoms with van der Waals surface area (Å²) in [6.07, 6.45) is 3.12. The van der Waals surface area contributed by atoms with Gasteiger partial charge in [-0.05, 0) is 33.7 Å². The summed E-state index contributed by atoms with van der Waals surface area (Å²) < 4.78 is 0. The van der Waals surface area contributed by atoms with Gasteiger partial charge < -0.3 is 10.6 Å². The molecular weight excluding hydrogens is 214 g/mol. The molecule has 2 aliphatic rings. The number of amides is 1. The molecule has 17 heavy (non-hydrogen) atoms. The topological polar surface area (TPSA) is 49.6 Å². The van der Waals surface area contributed by atoms with Gasteiger partial charge in [-0.3, -0.25) is 9.69 Å². The summed E-state index contributed by atoms with van der Waals surface area (Å²) in [5, 5.41) is 0. The van der Waals surface area contributed by atoms with Gasteiger partial charge in [0.25, 0.3) is 0 Å². The molecule has 2 N–H and O–H groups in total. The summed E-state index contributed by atoms with van der Waals surface area (Å²) >= 11 is 0. The van der Waals surface area contributed by atoms with Gasteiger partial charge in [-0.2, -0.15) is 0 Å². The highest BCUT2D eigenvalue weighted by Crippen LogP contribution is 2.42. The van der Waals surface area contributed by atoms with E-state index in [1.54, 1.807) is 0 Å². The molecule has 0 spiro atoms. The summed E-state index contributed by atoms with van der Waals surface area (Å²) in [6.45, 7) is 6.58. The Balaban J connectivity index is 2.05. The van der Waals surface area contributed by atoms with Crippen molar-refractivity contribution in [2.75, 3.05) is 26.7 Å². The minimum atomic E-state index is -0.213. The molecule has 0 radical (unpaired) electrons. The van der Waals surface area contributed by atoms with Gasteiger partial charge in [0.2, 0.25) is 5.91 Å². The lowest BCUT2D eigenvalue weighted by atomic mass is 9.67. The van der Waals surface area contributed by atoms with Crippen molar-refractivity contribution >= 4 is 5.91 Å². The smallest absolute Gasteiger partial charge is 0.230 e. The monoisotopic (exact) mass is 239 g/mol. The average molecular weight is 239 g/mol. The van der Waals surface area contributed by atoms with Crippen LogP contribution in [0.5, 0.6) is 0 Å². The van der Waals surface area contributed by atoms with E-state index in [1.165, 1.54) is 0 Å². The number of rotatable bonds is 2. The quantitative estimate of drug-likeness (QED) is 0.770. The second-order valence-electron chi connectivity index (χ2n) is 5.91. The second-order valence-corrected chi connectivity index (χ2v) is 5.91. The van der Waals surface area contributed by atoms with Crippen molar-refractivity contribution < 1.29 is 4.79 Å². The number of likely N-dealkylation sites (N-methyl/N-ethyl adjacent to an activating group) is 1. The molecule has 1 saturated carbocycles. The van der Waals surface area contributed by atoms with Crippen molar-refractivity contribution in [1.82, 2.24) is 9.80 Å². The lowest BCUT2D eigenvalue weighted by Crippen LogP contribution is -2.61. The number of piperazine rings is 1.